The Labute approximate surface area is 335 Å². The Morgan fingerprint density at radius 1 is 0.386 bits per heavy atom. The lowest BCUT2D eigenvalue weighted by Gasteiger charge is -2.34. The van der Waals surface area contributed by atoms with Gasteiger partial charge in [-0.3, -0.25) is 0 Å². The van der Waals surface area contributed by atoms with Crippen molar-refractivity contribution in [2.45, 2.75) is 38.5 Å². The molecule has 0 spiro atoms. The van der Waals surface area contributed by atoms with Crippen molar-refractivity contribution in [3.8, 4) is 44.9 Å². The maximum absolute atomic E-state index is 6.68. The van der Waals surface area contributed by atoms with E-state index in [2.05, 4.69) is 213 Å². The first-order valence-electron chi connectivity index (χ1n) is 19.9. The van der Waals surface area contributed by atoms with Crippen LogP contribution in [0, 0.1) is 0 Å². The van der Waals surface area contributed by atoms with Crippen LogP contribution in [0.5, 0.6) is 11.5 Å². The highest BCUT2D eigenvalue weighted by Gasteiger charge is 2.37. The number of hydrogen-bond acceptors (Lipinski definition) is 3. The van der Waals surface area contributed by atoms with Crippen LogP contribution in [0.25, 0.3) is 33.4 Å². The van der Waals surface area contributed by atoms with Crippen LogP contribution < -0.4 is 14.5 Å². The van der Waals surface area contributed by atoms with Gasteiger partial charge >= 0.3 is 0 Å². The summed E-state index contributed by atoms with van der Waals surface area (Å²) in [4.78, 5) is 4.72. The summed E-state index contributed by atoms with van der Waals surface area (Å²) < 4.78 is 6.68. The molecule has 274 valence electrons. The SMILES string of the molecule is CC1(C)c2ccccc2-c2ccc(N(c3ccccc3)c3ccc(-c4ccc5c(c4)Oc4ccccc4N5c4ccc5c(c4)C(C)(C)c4ccccc4-5)cc3)cc21. The molecule has 0 saturated heterocycles. The van der Waals surface area contributed by atoms with Crippen LogP contribution >= 0.6 is 0 Å². The standard InChI is InChI=1S/C54H42N2O/c1-53(2)45-18-10-8-16-41(45)43-29-27-39(33-47(43)53)55(37-14-6-5-7-15-37)38-25-22-35(23-26-38)36-24-31-50-52(32-36)57-51-21-13-12-20-49(51)56(50)40-28-30-44-42-17-9-11-19-46(42)54(3,4)48(44)34-40/h5-34H,1-4H3. The Bertz CT molecular complexity index is 2890. The average molecular weight is 735 g/mol. The Balaban J connectivity index is 0.958. The van der Waals surface area contributed by atoms with Gasteiger partial charge in [-0.1, -0.05) is 137 Å². The zero-order valence-corrected chi connectivity index (χ0v) is 32.6. The first kappa shape index (κ1) is 33.5. The summed E-state index contributed by atoms with van der Waals surface area (Å²) in [5.41, 5.74) is 19.4. The Morgan fingerprint density at radius 2 is 0.912 bits per heavy atom. The van der Waals surface area contributed by atoms with Gasteiger partial charge < -0.3 is 14.5 Å². The van der Waals surface area contributed by atoms with Gasteiger partial charge in [0.05, 0.1) is 11.4 Å². The first-order chi connectivity index (χ1) is 27.8. The van der Waals surface area contributed by atoms with Gasteiger partial charge in [-0.05, 0) is 128 Å². The van der Waals surface area contributed by atoms with E-state index in [1.165, 1.54) is 44.5 Å². The second-order valence-electron chi connectivity index (χ2n) is 16.6. The third-order valence-electron chi connectivity index (χ3n) is 12.7. The molecule has 0 aromatic heterocycles. The van der Waals surface area contributed by atoms with Gasteiger partial charge in [0.15, 0.2) is 11.5 Å². The van der Waals surface area contributed by atoms with Crippen molar-refractivity contribution in [2.75, 3.05) is 9.80 Å². The predicted molar refractivity (Wildman–Crippen MR) is 236 cm³/mol. The smallest absolute Gasteiger partial charge is 0.152 e. The highest BCUT2D eigenvalue weighted by molar-refractivity contribution is 5.91. The second kappa shape index (κ2) is 12.3. The quantitative estimate of drug-likeness (QED) is 0.175. The van der Waals surface area contributed by atoms with Crippen LogP contribution in [0.4, 0.5) is 34.1 Å². The normalized spacial score (nSPS) is 14.7. The molecule has 0 radical (unpaired) electrons. The predicted octanol–water partition coefficient (Wildman–Crippen LogP) is 15.0. The van der Waals surface area contributed by atoms with E-state index in [4.69, 9.17) is 4.74 Å². The molecule has 1 aliphatic heterocycles. The van der Waals surface area contributed by atoms with Gasteiger partial charge in [-0.15, -0.1) is 0 Å². The van der Waals surface area contributed by atoms with Gasteiger partial charge in [0, 0.05) is 33.6 Å². The molecule has 57 heavy (non-hydrogen) atoms. The van der Waals surface area contributed by atoms with E-state index in [9.17, 15) is 0 Å². The van der Waals surface area contributed by atoms with Crippen LogP contribution in [0.3, 0.4) is 0 Å². The summed E-state index contributed by atoms with van der Waals surface area (Å²) in [5, 5.41) is 0. The monoisotopic (exact) mass is 734 g/mol. The van der Waals surface area contributed by atoms with E-state index < -0.39 is 0 Å². The molecule has 3 aliphatic rings. The van der Waals surface area contributed by atoms with E-state index >= 15 is 0 Å². The Kier molecular flexibility index (Phi) is 7.25. The minimum Gasteiger partial charge on any atom is -0.453 e. The second-order valence-corrected chi connectivity index (χ2v) is 16.6. The molecule has 0 saturated carbocycles. The van der Waals surface area contributed by atoms with Crippen LogP contribution in [-0.2, 0) is 10.8 Å². The summed E-state index contributed by atoms with van der Waals surface area (Å²) >= 11 is 0. The fourth-order valence-electron chi connectivity index (χ4n) is 9.70. The molecule has 1 heterocycles. The summed E-state index contributed by atoms with van der Waals surface area (Å²) in [6.07, 6.45) is 0. The van der Waals surface area contributed by atoms with E-state index in [1.807, 2.05) is 6.07 Å². The number of hydrogen-bond donors (Lipinski definition) is 0. The third kappa shape index (κ3) is 5.05. The van der Waals surface area contributed by atoms with Crippen molar-refractivity contribution in [3.63, 3.8) is 0 Å². The lowest BCUT2D eigenvalue weighted by Crippen LogP contribution is -2.18. The first-order valence-corrected chi connectivity index (χ1v) is 19.9. The number of rotatable bonds is 5. The highest BCUT2D eigenvalue weighted by atomic mass is 16.5. The molecule has 0 N–H and O–H groups in total. The van der Waals surface area contributed by atoms with E-state index in [-0.39, 0.29) is 10.8 Å². The van der Waals surface area contributed by atoms with Crippen molar-refractivity contribution >= 4 is 34.1 Å². The number of ether oxygens (including phenoxy) is 1. The zero-order valence-electron chi connectivity index (χ0n) is 32.6. The van der Waals surface area contributed by atoms with Crippen molar-refractivity contribution in [3.05, 3.63) is 204 Å². The van der Waals surface area contributed by atoms with Gasteiger partial charge in [-0.25, -0.2) is 0 Å². The van der Waals surface area contributed by atoms with Crippen LogP contribution in [0.1, 0.15) is 49.9 Å². The fraction of sp³-hybridized carbons (Fsp3) is 0.111. The molecule has 0 bridgehead atoms. The summed E-state index contributed by atoms with van der Waals surface area (Å²) in [6, 6.07) is 66.1. The lowest BCUT2D eigenvalue weighted by atomic mass is 9.82. The highest BCUT2D eigenvalue weighted by Crippen LogP contribution is 2.55. The molecule has 0 unspecified atom stereocenters. The molecule has 8 aromatic rings. The molecule has 11 rings (SSSR count). The van der Waals surface area contributed by atoms with Crippen LogP contribution in [-0.4, -0.2) is 0 Å². The number of nitrogens with zero attached hydrogens (tertiary/aromatic N) is 2. The minimum atomic E-state index is -0.0916. The summed E-state index contributed by atoms with van der Waals surface area (Å²) in [5.74, 6) is 1.69. The topological polar surface area (TPSA) is 15.7 Å². The maximum atomic E-state index is 6.68. The minimum absolute atomic E-state index is 0.0816. The molecule has 0 fully saturated rings. The Morgan fingerprint density at radius 3 is 1.63 bits per heavy atom. The van der Waals surface area contributed by atoms with Gasteiger partial charge in [0.1, 0.15) is 0 Å². The van der Waals surface area contributed by atoms with Crippen LogP contribution in [0.2, 0.25) is 0 Å². The molecule has 3 heteroatoms. The molecular weight excluding hydrogens is 693 g/mol. The summed E-state index contributed by atoms with van der Waals surface area (Å²) in [7, 11) is 0. The van der Waals surface area contributed by atoms with Gasteiger partial charge in [-0.2, -0.15) is 0 Å². The zero-order chi connectivity index (χ0) is 38.5. The molecule has 0 atom stereocenters. The third-order valence-corrected chi connectivity index (χ3v) is 12.7. The molecule has 3 nitrogen and oxygen atoms in total. The van der Waals surface area contributed by atoms with Crippen molar-refractivity contribution in [2.24, 2.45) is 0 Å². The largest absolute Gasteiger partial charge is 0.453 e. The molecule has 2 aliphatic carbocycles. The molecule has 8 aromatic carbocycles. The van der Waals surface area contributed by atoms with E-state index in [1.54, 1.807) is 0 Å². The number of anilines is 6. The van der Waals surface area contributed by atoms with Crippen molar-refractivity contribution in [1.29, 1.82) is 0 Å². The maximum Gasteiger partial charge on any atom is 0.152 e. The average Bonchev–Trinajstić information content (AvgIpc) is 3.62. The van der Waals surface area contributed by atoms with Crippen molar-refractivity contribution < 1.29 is 4.74 Å². The lowest BCUT2D eigenvalue weighted by molar-refractivity contribution is 0.477. The fourth-order valence-corrected chi connectivity index (χ4v) is 9.70. The van der Waals surface area contributed by atoms with E-state index in [0.29, 0.717) is 0 Å². The number of benzene rings is 8. The van der Waals surface area contributed by atoms with E-state index in [0.717, 1.165) is 56.8 Å². The molecular formula is C54H42N2O. The summed E-state index contributed by atoms with van der Waals surface area (Å²) in [6.45, 7) is 9.36. The van der Waals surface area contributed by atoms with Gasteiger partial charge in [0.25, 0.3) is 0 Å². The Hall–Kier alpha value is -6.84. The number of para-hydroxylation sites is 3. The number of fused-ring (bicyclic) bond motifs is 8. The van der Waals surface area contributed by atoms with Crippen LogP contribution in [0.15, 0.2) is 182 Å². The van der Waals surface area contributed by atoms with Crippen molar-refractivity contribution in [1.82, 2.24) is 0 Å². The molecule has 0 amide bonds. The van der Waals surface area contributed by atoms with Gasteiger partial charge in [0.2, 0.25) is 0 Å².